The van der Waals surface area contributed by atoms with E-state index in [9.17, 15) is 4.39 Å². The topological polar surface area (TPSA) is 60.4 Å². The summed E-state index contributed by atoms with van der Waals surface area (Å²) in [6, 6.07) is 4.60. The van der Waals surface area contributed by atoms with Crippen LogP contribution < -0.4 is 15.8 Å². The predicted octanol–water partition coefficient (Wildman–Crippen LogP) is 2.62. The molecule has 3 N–H and O–H groups in total. The third-order valence-electron chi connectivity index (χ3n) is 2.39. The maximum absolute atomic E-state index is 13.3. The first-order valence-corrected chi connectivity index (χ1v) is 5.08. The molecule has 0 amide bonds. The molecule has 2 rings (SSSR count). The second-order valence-electron chi connectivity index (χ2n) is 3.56. The molecule has 5 heteroatoms. The summed E-state index contributed by atoms with van der Waals surface area (Å²) in [5.74, 6) is -0.312. The zero-order chi connectivity index (χ0) is 12.3. The molecule has 0 aliphatic carbocycles. The van der Waals surface area contributed by atoms with Crippen molar-refractivity contribution in [3.05, 3.63) is 42.1 Å². The smallest absolute Gasteiger partial charge is 0.167 e. The quantitative estimate of drug-likeness (QED) is 0.801. The Morgan fingerprint density at radius 1 is 1.47 bits per heavy atom. The number of nitrogen functional groups attached to an aromatic ring is 1. The minimum absolute atomic E-state index is 0.161. The molecule has 0 fully saturated rings. The normalized spacial score (nSPS) is 10.2. The fourth-order valence-electron chi connectivity index (χ4n) is 1.47. The Morgan fingerprint density at radius 3 is 2.94 bits per heavy atom. The molecule has 0 aliphatic rings. The average Bonchev–Trinajstić information content (AvgIpc) is 2.81. The van der Waals surface area contributed by atoms with Gasteiger partial charge in [0, 0.05) is 24.2 Å². The van der Waals surface area contributed by atoms with Crippen LogP contribution in [-0.4, -0.2) is 7.11 Å². The summed E-state index contributed by atoms with van der Waals surface area (Å²) in [4.78, 5) is 0. The Kier molecular flexibility index (Phi) is 3.18. The number of anilines is 2. The fourth-order valence-corrected chi connectivity index (χ4v) is 1.47. The number of rotatable bonds is 4. The number of hydrogen-bond donors (Lipinski definition) is 2. The van der Waals surface area contributed by atoms with E-state index in [0.29, 0.717) is 17.9 Å². The van der Waals surface area contributed by atoms with Crippen LogP contribution in [-0.2, 0) is 6.54 Å². The van der Waals surface area contributed by atoms with E-state index < -0.39 is 5.82 Å². The summed E-state index contributed by atoms with van der Waals surface area (Å²) in [5, 5.41) is 3.09. The Balaban J connectivity index is 2.15. The molecule has 0 radical (unpaired) electrons. The maximum Gasteiger partial charge on any atom is 0.167 e. The van der Waals surface area contributed by atoms with Crippen molar-refractivity contribution in [3.8, 4) is 5.75 Å². The van der Waals surface area contributed by atoms with E-state index in [1.54, 1.807) is 12.5 Å². The SMILES string of the molecule is COc1cc(NCc2ccoc2)c(N)cc1F. The van der Waals surface area contributed by atoms with Gasteiger partial charge in [-0.15, -0.1) is 0 Å². The number of nitrogens with one attached hydrogen (secondary N) is 1. The molecule has 17 heavy (non-hydrogen) atoms. The molecule has 90 valence electrons. The van der Waals surface area contributed by atoms with Gasteiger partial charge < -0.3 is 20.2 Å². The first kappa shape index (κ1) is 11.3. The fraction of sp³-hybridized carbons (Fsp3) is 0.167. The minimum atomic E-state index is -0.473. The van der Waals surface area contributed by atoms with Crippen LogP contribution in [0.15, 0.2) is 35.1 Å². The van der Waals surface area contributed by atoms with Crippen molar-refractivity contribution in [2.75, 3.05) is 18.2 Å². The average molecular weight is 236 g/mol. The molecule has 1 aromatic carbocycles. The van der Waals surface area contributed by atoms with Crippen LogP contribution in [0.25, 0.3) is 0 Å². The van der Waals surface area contributed by atoms with E-state index in [1.807, 2.05) is 6.07 Å². The van der Waals surface area contributed by atoms with Gasteiger partial charge in [0.25, 0.3) is 0 Å². The Morgan fingerprint density at radius 2 is 2.29 bits per heavy atom. The van der Waals surface area contributed by atoms with Gasteiger partial charge in [0.1, 0.15) is 0 Å². The van der Waals surface area contributed by atoms with Crippen molar-refractivity contribution in [1.29, 1.82) is 0 Å². The molecule has 0 aliphatic heterocycles. The van der Waals surface area contributed by atoms with Gasteiger partial charge in [-0.05, 0) is 6.07 Å². The molecular formula is C12H13FN2O2. The van der Waals surface area contributed by atoms with Gasteiger partial charge in [-0.1, -0.05) is 0 Å². The highest BCUT2D eigenvalue weighted by molar-refractivity contribution is 5.68. The van der Waals surface area contributed by atoms with Crippen LogP contribution in [0.4, 0.5) is 15.8 Å². The number of benzene rings is 1. The second kappa shape index (κ2) is 4.78. The largest absolute Gasteiger partial charge is 0.494 e. The van der Waals surface area contributed by atoms with Gasteiger partial charge in [0.15, 0.2) is 11.6 Å². The lowest BCUT2D eigenvalue weighted by molar-refractivity contribution is 0.387. The van der Waals surface area contributed by atoms with Crippen molar-refractivity contribution in [3.63, 3.8) is 0 Å². The van der Waals surface area contributed by atoms with Crippen molar-refractivity contribution in [2.24, 2.45) is 0 Å². The Bertz CT molecular complexity index is 497. The summed E-state index contributed by atoms with van der Waals surface area (Å²) >= 11 is 0. The van der Waals surface area contributed by atoms with E-state index in [0.717, 1.165) is 5.56 Å². The summed E-state index contributed by atoms with van der Waals surface area (Å²) in [7, 11) is 1.41. The predicted molar refractivity (Wildman–Crippen MR) is 63.4 cm³/mol. The molecule has 2 aromatic rings. The van der Waals surface area contributed by atoms with Crippen molar-refractivity contribution >= 4 is 11.4 Å². The van der Waals surface area contributed by atoms with E-state index in [4.69, 9.17) is 14.9 Å². The zero-order valence-electron chi connectivity index (χ0n) is 9.37. The lowest BCUT2D eigenvalue weighted by atomic mass is 10.2. The van der Waals surface area contributed by atoms with Crippen LogP contribution in [0.1, 0.15) is 5.56 Å². The Labute approximate surface area is 98.2 Å². The van der Waals surface area contributed by atoms with Crippen LogP contribution in [0.5, 0.6) is 5.75 Å². The van der Waals surface area contributed by atoms with Crippen LogP contribution in [0, 0.1) is 5.82 Å². The lowest BCUT2D eigenvalue weighted by Gasteiger charge is -2.11. The first-order chi connectivity index (χ1) is 8.20. The maximum atomic E-state index is 13.3. The van der Waals surface area contributed by atoms with Crippen molar-refractivity contribution in [2.45, 2.75) is 6.54 Å². The number of methoxy groups -OCH3 is 1. The summed E-state index contributed by atoms with van der Waals surface area (Å²) in [5.41, 5.74) is 7.65. The highest BCUT2D eigenvalue weighted by Crippen LogP contribution is 2.28. The number of nitrogens with two attached hydrogens (primary N) is 1. The summed E-state index contributed by atoms with van der Waals surface area (Å²) in [6.07, 6.45) is 3.22. The van der Waals surface area contributed by atoms with Gasteiger partial charge >= 0.3 is 0 Å². The molecule has 1 aromatic heterocycles. The van der Waals surface area contributed by atoms with E-state index in [1.165, 1.54) is 19.2 Å². The number of ether oxygens (including phenoxy) is 1. The highest BCUT2D eigenvalue weighted by atomic mass is 19.1. The molecule has 0 bridgehead atoms. The van der Waals surface area contributed by atoms with E-state index in [-0.39, 0.29) is 5.75 Å². The highest BCUT2D eigenvalue weighted by Gasteiger charge is 2.08. The standard InChI is InChI=1S/C12H13FN2O2/c1-16-12-5-11(10(14)4-9(12)13)15-6-8-2-3-17-7-8/h2-5,7,15H,6,14H2,1H3. The molecule has 1 heterocycles. The van der Waals surface area contributed by atoms with Gasteiger partial charge in [-0.25, -0.2) is 4.39 Å². The number of halogens is 1. The zero-order valence-corrected chi connectivity index (χ0v) is 9.37. The molecule has 0 saturated carbocycles. The Hall–Kier alpha value is -2.17. The number of hydrogen-bond acceptors (Lipinski definition) is 4. The third-order valence-corrected chi connectivity index (χ3v) is 2.39. The molecule has 0 spiro atoms. The lowest BCUT2D eigenvalue weighted by Crippen LogP contribution is -2.03. The van der Waals surface area contributed by atoms with Crippen molar-refractivity contribution in [1.82, 2.24) is 0 Å². The van der Waals surface area contributed by atoms with E-state index in [2.05, 4.69) is 5.32 Å². The van der Waals surface area contributed by atoms with Crippen LogP contribution >= 0.6 is 0 Å². The molecular weight excluding hydrogens is 223 g/mol. The summed E-state index contributed by atoms with van der Waals surface area (Å²) < 4.78 is 23.1. The van der Waals surface area contributed by atoms with E-state index >= 15 is 0 Å². The van der Waals surface area contributed by atoms with Gasteiger partial charge in [0.2, 0.25) is 0 Å². The molecule has 0 unspecified atom stereocenters. The summed E-state index contributed by atoms with van der Waals surface area (Å²) in [6.45, 7) is 0.551. The van der Waals surface area contributed by atoms with Crippen molar-refractivity contribution < 1.29 is 13.5 Å². The number of furan rings is 1. The van der Waals surface area contributed by atoms with Gasteiger partial charge in [-0.2, -0.15) is 0 Å². The van der Waals surface area contributed by atoms with Crippen LogP contribution in [0.2, 0.25) is 0 Å². The third kappa shape index (κ3) is 2.50. The monoisotopic (exact) mass is 236 g/mol. The minimum Gasteiger partial charge on any atom is -0.494 e. The van der Waals surface area contributed by atoms with Gasteiger partial charge in [0.05, 0.1) is 31.0 Å². The van der Waals surface area contributed by atoms with Gasteiger partial charge in [-0.3, -0.25) is 0 Å². The van der Waals surface area contributed by atoms with Crippen LogP contribution in [0.3, 0.4) is 0 Å². The molecule has 4 nitrogen and oxygen atoms in total. The first-order valence-electron chi connectivity index (χ1n) is 5.08. The molecule has 0 atom stereocenters. The second-order valence-corrected chi connectivity index (χ2v) is 3.56. The molecule has 0 saturated heterocycles.